The molecule has 1 heterocycles. The number of nitrogens with one attached hydrogen (secondary N) is 2. The largest absolute Gasteiger partial charge is 0.351 e. The van der Waals surface area contributed by atoms with Crippen molar-refractivity contribution in [2.75, 3.05) is 16.8 Å². The molecule has 2 amide bonds. The molecule has 0 fully saturated rings. The van der Waals surface area contributed by atoms with Crippen molar-refractivity contribution in [3.8, 4) is 5.69 Å². The lowest BCUT2D eigenvalue weighted by molar-refractivity contribution is -0.118. The van der Waals surface area contributed by atoms with Crippen LogP contribution in [0.4, 0.5) is 5.69 Å². The molecule has 0 spiro atoms. The van der Waals surface area contributed by atoms with E-state index in [1.54, 1.807) is 0 Å². The number of aryl methyl sites for hydroxylation is 1. The van der Waals surface area contributed by atoms with Gasteiger partial charge in [0.15, 0.2) is 0 Å². The van der Waals surface area contributed by atoms with Crippen LogP contribution in [0.1, 0.15) is 17.0 Å². The highest BCUT2D eigenvalue weighted by Gasteiger charge is 2.14. The topological polar surface area (TPSA) is 76.0 Å². The summed E-state index contributed by atoms with van der Waals surface area (Å²) in [4.78, 5) is 24.2. The Bertz CT molecular complexity index is 1040. The molecule has 1 aromatic heterocycles. The summed E-state index contributed by atoms with van der Waals surface area (Å²) < 4.78 is 2.78. The van der Waals surface area contributed by atoms with E-state index in [1.807, 2.05) is 73.1 Å². The van der Waals surface area contributed by atoms with Crippen LogP contribution in [-0.2, 0) is 16.1 Å². The fourth-order valence-electron chi connectivity index (χ4n) is 2.99. The Morgan fingerprint density at radius 2 is 1.77 bits per heavy atom. The number of carbonyl (C=O) groups is 2. The monoisotopic (exact) mass is 486 g/mol. The lowest BCUT2D eigenvalue weighted by atomic mass is 10.2. The van der Waals surface area contributed by atoms with Gasteiger partial charge < -0.3 is 10.6 Å². The summed E-state index contributed by atoms with van der Waals surface area (Å²) in [5, 5.41) is 10.3. The molecule has 3 rings (SSSR count). The third kappa shape index (κ3) is 5.96. The van der Waals surface area contributed by atoms with Crippen molar-refractivity contribution in [1.29, 1.82) is 0 Å². The molecular formula is C22H23BrN4O2S. The van der Waals surface area contributed by atoms with Crippen LogP contribution in [0.3, 0.4) is 0 Å². The van der Waals surface area contributed by atoms with E-state index in [0.717, 1.165) is 32.8 Å². The average Bonchev–Trinajstić information content (AvgIpc) is 3.00. The normalized spacial score (nSPS) is 10.6. The Morgan fingerprint density at radius 3 is 2.50 bits per heavy atom. The Labute approximate surface area is 188 Å². The zero-order chi connectivity index (χ0) is 21.5. The third-order valence-electron chi connectivity index (χ3n) is 4.48. The summed E-state index contributed by atoms with van der Waals surface area (Å²) in [5.74, 6) is 0.184. The van der Waals surface area contributed by atoms with Gasteiger partial charge in [-0.2, -0.15) is 5.10 Å². The maximum Gasteiger partial charge on any atom is 0.234 e. The van der Waals surface area contributed by atoms with Crippen molar-refractivity contribution in [1.82, 2.24) is 15.1 Å². The molecule has 0 unspecified atom stereocenters. The molecule has 156 valence electrons. The summed E-state index contributed by atoms with van der Waals surface area (Å²) in [6.45, 7) is 4.35. The lowest BCUT2D eigenvalue weighted by Gasteiger charge is -2.08. The van der Waals surface area contributed by atoms with Gasteiger partial charge in [0.25, 0.3) is 0 Å². The Kier molecular flexibility index (Phi) is 7.70. The molecular weight excluding hydrogens is 464 g/mol. The molecule has 0 aliphatic heterocycles. The van der Waals surface area contributed by atoms with Crippen molar-refractivity contribution in [2.24, 2.45) is 0 Å². The van der Waals surface area contributed by atoms with E-state index in [4.69, 9.17) is 0 Å². The number of nitrogens with zero attached hydrogens (tertiary/aromatic N) is 2. The van der Waals surface area contributed by atoms with Crippen molar-refractivity contribution in [3.63, 3.8) is 0 Å². The minimum Gasteiger partial charge on any atom is -0.351 e. The second-order valence-electron chi connectivity index (χ2n) is 6.72. The molecule has 30 heavy (non-hydrogen) atoms. The van der Waals surface area contributed by atoms with Gasteiger partial charge >= 0.3 is 0 Å². The number of hydrogen-bond donors (Lipinski definition) is 2. The van der Waals surface area contributed by atoms with Crippen molar-refractivity contribution in [3.05, 3.63) is 76.0 Å². The molecule has 6 nitrogen and oxygen atoms in total. The van der Waals surface area contributed by atoms with Gasteiger partial charge in [0.1, 0.15) is 0 Å². The summed E-state index contributed by atoms with van der Waals surface area (Å²) in [5.41, 5.74) is 4.60. The molecule has 0 aliphatic rings. The van der Waals surface area contributed by atoms with Gasteiger partial charge in [0.2, 0.25) is 11.8 Å². The first-order chi connectivity index (χ1) is 14.4. The van der Waals surface area contributed by atoms with Crippen molar-refractivity contribution < 1.29 is 9.59 Å². The number of hydrogen-bond acceptors (Lipinski definition) is 4. The number of benzene rings is 2. The zero-order valence-electron chi connectivity index (χ0n) is 16.8. The molecule has 3 aromatic rings. The van der Waals surface area contributed by atoms with Gasteiger partial charge in [0, 0.05) is 28.0 Å². The molecule has 2 aromatic carbocycles. The van der Waals surface area contributed by atoms with E-state index in [2.05, 4.69) is 31.7 Å². The van der Waals surface area contributed by atoms with E-state index < -0.39 is 0 Å². The number of carbonyl (C=O) groups excluding carboxylic acids is 2. The molecule has 0 bridgehead atoms. The van der Waals surface area contributed by atoms with E-state index in [-0.39, 0.29) is 23.3 Å². The van der Waals surface area contributed by atoms with E-state index >= 15 is 0 Å². The maximum atomic E-state index is 12.2. The highest BCUT2D eigenvalue weighted by Crippen LogP contribution is 2.18. The number of amides is 2. The number of rotatable bonds is 8. The Hall–Kier alpha value is -2.58. The van der Waals surface area contributed by atoms with Crippen molar-refractivity contribution >= 4 is 45.2 Å². The van der Waals surface area contributed by atoms with Crippen LogP contribution in [0.15, 0.2) is 59.1 Å². The van der Waals surface area contributed by atoms with Gasteiger partial charge in [-0.3, -0.25) is 9.59 Å². The zero-order valence-corrected chi connectivity index (χ0v) is 19.2. The first-order valence-corrected chi connectivity index (χ1v) is 11.4. The van der Waals surface area contributed by atoms with E-state index in [0.29, 0.717) is 6.54 Å². The minimum absolute atomic E-state index is 0.110. The fourth-order valence-corrected chi connectivity index (χ4v) is 4.04. The first kappa shape index (κ1) is 22.1. The lowest BCUT2D eigenvalue weighted by Crippen LogP contribution is -2.26. The highest BCUT2D eigenvalue weighted by atomic mass is 79.9. The smallest absolute Gasteiger partial charge is 0.234 e. The SMILES string of the molecule is Cc1nn(-c2ccccc2)c(C)c1CNC(=O)CSCC(=O)Nc1cccc(Br)c1. The summed E-state index contributed by atoms with van der Waals surface area (Å²) in [7, 11) is 0. The number of thioether (sulfide) groups is 1. The molecule has 2 N–H and O–H groups in total. The number of anilines is 1. The number of para-hydroxylation sites is 1. The van der Waals surface area contributed by atoms with Crippen LogP contribution in [0, 0.1) is 13.8 Å². The third-order valence-corrected chi connectivity index (χ3v) is 5.90. The first-order valence-electron chi connectivity index (χ1n) is 9.44. The van der Waals surface area contributed by atoms with Crippen LogP contribution in [0.25, 0.3) is 5.69 Å². The van der Waals surface area contributed by atoms with E-state index in [9.17, 15) is 9.59 Å². The van der Waals surface area contributed by atoms with Crippen LogP contribution in [0.5, 0.6) is 0 Å². The molecule has 0 saturated carbocycles. The van der Waals surface area contributed by atoms with Crippen LogP contribution >= 0.6 is 27.7 Å². The minimum atomic E-state index is -0.137. The summed E-state index contributed by atoms with van der Waals surface area (Å²) in [6, 6.07) is 17.3. The second kappa shape index (κ2) is 10.4. The predicted molar refractivity (Wildman–Crippen MR) is 125 cm³/mol. The van der Waals surface area contributed by atoms with E-state index in [1.165, 1.54) is 11.8 Å². The van der Waals surface area contributed by atoms with Crippen LogP contribution in [0.2, 0.25) is 0 Å². The van der Waals surface area contributed by atoms with Gasteiger partial charge in [-0.15, -0.1) is 11.8 Å². The summed E-state index contributed by atoms with van der Waals surface area (Å²) in [6.07, 6.45) is 0. The van der Waals surface area contributed by atoms with Gasteiger partial charge in [-0.05, 0) is 44.2 Å². The van der Waals surface area contributed by atoms with Crippen LogP contribution in [-0.4, -0.2) is 33.1 Å². The van der Waals surface area contributed by atoms with Crippen molar-refractivity contribution in [2.45, 2.75) is 20.4 Å². The van der Waals surface area contributed by atoms with Gasteiger partial charge in [0.05, 0.1) is 22.9 Å². The Morgan fingerprint density at radius 1 is 1.03 bits per heavy atom. The summed E-state index contributed by atoms with van der Waals surface area (Å²) >= 11 is 4.65. The molecule has 0 radical (unpaired) electrons. The molecule has 0 saturated heterocycles. The maximum absolute atomic E-state index is 12.2. The molecule has 8 heteroatoms. The number of halogens is 1. The molecule has 0 aliphatic carbocycles. The quantitative estimate of drug-likeness (QED) is 0.499. The van der Waals surface area contributed by atoms with Gasteiger partial charge in [-0.25, -0.2) is 4.68 Å². The highest BCUT2D eigenvalue weighted by molar-refractivity contribution is 9.10. The average molecular weight is 487 g/mol. The second-order valence-corrected chi connectivity index (χ2v) is 8.63. The van der Waals surface area contributed by atoms with Crippen LogP contribution < -0.4 is 10.6 Å². The standard InChI is InChI=1S/C22H23BrN4O2S/c1-15-20(16(2)27(26-15)19-9-4-3-5-10-19)12-24-21(28)13-30-14-22(29)25-18-8-6-7-17(23)11-18/h3-11H,12-14H2,1-2H3,(H,24,28)(H,25,29). The van der Waals surface area contributed by atoms with Gasteiger partial charge in [-0.1, -0.05) is 40.2 Å². The Balaban J connectivity index is 1.46. The fraction of sp³-hybridized carbons (Fsp3) is 0.227. The predicted octanol–water partition coefficient (Wildman–Crippen LogP) is 4.24. The molecule has 0 atom stereocenters. The number of aromatic nitrogens is 2.